The van der Waals surface area contributed by atoms with E-state index in [-0.39, 0.29) is 73.2 Å². The molecule has 0 radical (unpaired) electrons. The number of fused-ring (bicyclic) bond motifs is 2. The molecule has 0 amide bonds. The van der Waals surface area contributed by atoms with Crippen LogP contribution in [0, 0.1) is 0 Å². The lowest BCUT2D eigenvalue weighted by Gasteiger charge is -2.25. The van der Waals surface area contributed by atoms with Crippen LogP contribution in [0.15, 0.2) is 124 Å². The molecule has 1 aliphatic carbocycles. The van der Waals surface area contributed by atoms with Crippen molar-refractivity contribution in [2.75, 3.05) is 16.0 Å². The Morgan fingerprint density at radius 2 is 1.34 bits per heavy atom. The zero-order valence-electron chi connectivity index (χ0n) is 29.7. The highest BCUT2D eigenvalue weighted by Gasteiger charge is 2.34. The molecule has 2 heterocycles. The summed E-state index contributed by atoms with van der Waals surface area (Å²) in [7, 11) is -8.14. The lowest BCUT2D eigenvalue weighted by molar-refractivity contribution is 0.102. The van der Waals surface area contributed by atoms with Crippen molar-refractivity contribution >= 4 is 77.4 Å². The van der Waals surface area contributed by atoms with Crippen LogP contribution in [0.4, 0.5) is 34.6 Å². The number of benzene rings is 5. The van der Waals surface area contributed by atoms with Gasteiger partial charge in [0.2, 0.25) is 11.9 Å². The van der Waals surface area contributed by atoms with Crippen LogP contribution < -0.4 is 21.5 Å². The summed E-state index contributed by atoms with van der Waals surface area (Å²) in [6.45, 7) is 0. The Morgan fingerprint density at radius 3 is 2.05 bits per heavy atom. The average molecular weight is 818 g/mol. The SMILES string of the molecule is Cn1c(=O)c(C(=O)c2cccc(S(=O)(=O)O)c2)c2c3c(c(Nc4ccc(S(=O)(=O)O)c(Nc5nc(O)nc(Nc6ccccc6)n5)c4)ccc31)C(=O)c1ccccc1-2. The van der Waals surface area contributed by atoms with E-state index in [1.807, 2.05) is 0 Å². The third kappa shape index (κ3) is 6.79. The summed E-state index contributed by atoms with van der Waals surface area (Å²) in [6.07, 6.45) is 0. The number of nitrogens with one attached hydrogen (secondary N) is 3. The lowest BCUT2D eigenvalue weighted by atomic mass is 9.80. The van der Waals surface area contributed by atoms with E-state index in [4.69, 9.17) is 0 Å². The fraction of sp³-hybridized carbons (Fsp3) is 0.0256. The Hall–Kier alpha value is -7.32. The summed E-state index contributed by atoms with van der Waals surface area (Å²) in [5.41, 5.74) is 0.284. The number of aromatic hydroxyl groups is 1. The van der Waals surface area contributed by atoms with Crippen molar-refractivity contribution in [3.05, 3.63) is 142 Å². The van der Waals surface area contributed by atoms with E-state index in [0.717, 1.165) is 18.2 Å². The molecule has 17 nitrogen and oxygen atoms in total. The fourth-order valence-electron chi connectivity index (χ4n) is 6.76. The van der Waals surface area contributed by atoms with Crippen LogP contribution in [0.2, 0.25) is 0 Å². The van der Waals surface area contributed by atoms with Crippen LogP contribution in [0.1, 0.15) is 31.8 Å². The summed E-state index contributed by atoms with van der Waals surface area (Å²) in [6, 6.07) is 25.7. The number of hydrogen-bond donors (Lipinski definition) is 6. The van der Waals surface area contributed by atoms with E-state index in [2.05, 4.69) is 30.9 Å². The summed E-state index contributed by atoms with van der Waals surface area (Å²) in [4.78, 5) is 53.5. The first-order chi connectivity index (χ1) is 27.6. The Labute approximate surface area is 328 Å². The van der Waals surface area contributed by atoms with Crippen molar-refractivity contribution in [1.29, 1.82) is 0 Å². The van der Waals surface area contributed by atoms with Gasteiger partial charge in [-0.15, -0.1) is 0 Å². The van der Waals surface area contributed by atoms with E-state index in [0.29, 0.717) is 5.69 Å². The summed E-state index contributed by atoms with van der Waals surface area (Å²) >= 11 is 0. The van der Waals surface area contributed by atoms with E-state index < -0.39 is 53.2 Å². The molecule has 0 bridgehead atoms. The topological polar surface area (TPSA) is 260 Å². The number of hydrogen-bond acceptors (Lipinski definition) is 14. The third-order valence-electron chi connectivity index (χ3n) is 9.29. The van der Waals surface area contributed by atoms with Crippen LogP contribution in [0.3, 0.4) is 0 Å². The highest BCUT2D eigenvalue weighted by Crippen LogP contribution is 2.44. The van der Waals surface area contributed by atoms with Gasteiger partial charge < -0.3 is 25.6 Å². The van der Waals surface area contributed by atoms with Crippen LogP contribution >= 0.6 is 0 Å². The van der Waals surface area contributed by atoms with Gasteiger partial charge in [0.1, 0.15) is 4.90 Å². The first-order valence-electron chi connectivity index (χ1n) is 17.0. The molecule has 7 aromatic rings. The normalized spacial score (nSPS) is 12.2. The molecular weight excluding hydrogens is 791 g/mol. The van der Waals surface area contributed by atoms with Gasteiger partial charge in [0.15, 0.2) is 11.6 Å². The van der Waals surface area contributed by atoms with Crippen LogP contribution in [0.5, 0.6) is 6.01 Å². The Kier molecular flexibility index (Phi) is 9.08. The molecule has 5 aromatic carbocycles. The fourth-order valence-corrected chi connectivity index (χ4v) is 7.92. The zero-order chi connectivity index (χ0) is 41.1. The molecule has 0 atom stereocenters. The molecule has 58 heavy (non-hydrogen) atoms. The molecule has 8 rings (SSSR count). The van der Waals surface area contributed by atoms with Crippen molar-refractivity contribution in [3.63, 3.8) is 0 Å². The lowest BCUT2D eigenvalue weighted by Crippen LogP contribution is -2.29. The number of pyridine rings is 1. The van der Waals surface area contributed by atoms with Gasteiger partial charge in [0, 0.05) is 40.5 Å². The number of nitrogens with zero attached hydrogens (tertiary/aromatic N) is 4. The molecular formula is C39H27N7O10S2. The molecule has 0 fully saturated rings. The van der Waals surface area contributed by atoms with Gasteiger partial charge in [-0.2, -0.15) is 31.8 Å². The van der Waals surface area contributed by atoms with Gasteiger partial charge in [-0.25, -0.2) is 0 Å². The number of carbonyl (C=O) groups is 2. The Balaban J connectivity index is 1.27. The number of aryl methyl sites for hydroxylation is 1. The first-order valence-corrected chi connectivity index (χ1v) is 19.9. The molecule has 0 spiro atoms. The van der Waals surface area contributed by atoms with Crippen LogP contribution in [-0.2, 0) is 27.3 Å². The first kappa shape index (κ1) is 37.6. The van der Waals surface area contributed by atoms with Gasteiger partial charge in [0.05, 0.1) is 32.9 Å². The maximum absolute atomic E-state index is 14.4. The van der Waals surface area contributed by atoms with E-state index >= 15 is 0 Å². The maximum atomic E-state index is 14.4. The van der Waals surface area contributed by atoms with E-state index in [1.54, 1.807) is 54.6 Å². The summed E-state index contributed by atoms with van der Waals surface area (Å²) in [5.74, 6) is -1.73. The number of rotatable bonds is 10. The van der Waals surface area contributed by atoms with Crippen LogP contribution in [0.25, 0.3) is 22.0 Å². The van der Waals surface area contributed by atoms with Crippen molar-refractivity contribution < 1.29 is 40.6 Å². The molecule has 0 aliphatic heterocycles. The number of ketones is 2. The number of aromatic nitrogens is 4. The van der Waals surface area contributed by atoms with Gasteiger partial charge in [-0.05, 0) is 60.2 Å². The van der Waals surface area contributed by atoms with Gasteiger partial charge >= 0.3 is 6.01 Å². The third-order valence-corrected chi connectivity index (χ3v) is 11.1. The second kappa shape index (κ2) is 14.0. The van der Waals surface area contributed by atoms with Crippen molar-refractivity contribution in [3.8, 4) is 17.1 Å². The van der Waals surface area contributed by atoms with Crippen molar-refractivity contribution in [2.24, 2.45) is 7.05 Å². The summed E-state index contributed by atoms with van der Waals surface area (Å²) in [5, 5.41) is 19.2. The van der Waals surface area contributed by atoms with Gasteiger partial charge in [-0.1, -0.05) is 54.6 Å². The number of carbonyl (C=O) groups excluding carboxylic acids is 2. The maximum Gasteiger partial charge on any atom is 0.320 e. The molecule has 0 unspecified atom stereocenters. The average Bonchev–Trinajstić information content (AvgIpc) is 3.18. The minimum Gasteiger partial charge on any atom is -0.479 e. The molecule has 6 N–H and O–H groups in total. The second-order valence-electron chi connectivity index (χ2n) is 12.9. The minimum atomic E-state index is -4.85. The van der Waals surface area contributed by atoms with Crippen molar-refractivity contribution in [1.82, 2.24) is 19.5 Å². The Morgan fingerprint density at radius 1 is 0.655 bits per heavy atom. The highest BCUT2D eigenvalue weighted by molar-refractivity contribution is 7.86. The predicted molar refractivity (Wildman–Crippen MR) is 212 cm³/mol. The largest absolute Gasteiger partial charge is 0.479 e. The molecule has 1 aliphatic rings. The molecule has 19 heteroatoms. The number of anilines is 6. The molecule has 0 saturated heterocycles. The smallest absolute Gasteiger partial charge is 0.320 e. The molecule has 290 valence electrons. The predicted octanol–water partition coefficient (Wildman–Crippen LogP) is 5.60. The van der Waals surface area contributed by atoms with Crippen molar-refractivity contribution in [2.45, 2.75) is 9.79 Å². The molecule has 2 aromatic heterocycles. The summed E-state index contributed by atoms with van der Waals surface area (Å²) < 4.78 is 69.8. The number of para-hydroxylation sites is 1. The van der Waals surface area contributed by atoms with E-state index in [1.165, 1.54) is 48.0 Å². The zero-order valence-corrected chi connectivity index (χ0v) is 31.3. The van der Waals surface area contributed by atoms with Gasteiger partial charge in [0.25, 0.3) is 25.8 Å². The second-order valence-corrected chi connectivity index (χ2v) is 15.7. The minimum absolute atomic E-state index is 0.0509. The monoisotopic (exact) mass is 817 g/mol. The van der Waals surface area contributed by atoms with E-state index in [9.17, 15) is 45.4 Å². The van der Waals surface area contributed by atoms with Crippen LogP contribution in [-0.4, -0.2) is 62.1 Å². The molecule has 0 saturated carbocycles. The highest BCUT2D eigenvalue weighted by atomic mass is 32.2. The standard InChI is InChI=1S/C39H27N7O10S2/c1-46-28-16-15-26(40-22-14-17-29(58(54,55)56)27(19-22)42-38-43-37(44-39(50)45-38)41-21-9-3-2-4-10-21)31-32(28)30(24-12-5-6-13-25(24)35(31)48)33(36(46)49)34(47)20-8-7-11-23(18-20)57(51,52)53/h2-19,40H,1H3,(H,51,52,53)(H,54,55,56)(H3,41,42,43,44,45,50). The van der Waals surface area contributed by atoms with Gasteiger partial charge in [-0.3, -0.25) is 23.5 Å². The Bertz CT molecular complexity index is 3190. The quantitative estimate of drug-likeness (QED) is 0.0725.